The van der Waals surface area contributed by atoms with Crippen LogP contribution in [0.3, 0.4) is 0 Å². The Balaban J connectivity index is 1.69. The number of tetrazole rings is 1. The topological polar surface area (TPSA) is 140 Å². The largest absolute Gasteiger partial charge is 0.481 e. The first-order valence-electron chi connectivity index (χ1n) is 10.5. The van der Waals surface area contributed by atoms with E-state index >= 15 is 0 Å². The molecular formula is C22H22Cl2N6O5S. The number of hydrogen-bond acceptors (Lipinski definition) is 9. The average molecular weight is 553 g/mol. The van der Waals surface area contributed by atoms with Crippen molar-refractivity contribution in [3.8, 4) is 0 Å². The molecule has 3 aromatic rings. The number of carbonyl (C=O) groups is 3. The second-order valence-corrected chi connectivity index (χ2v) is 9.47. The summed E-state index contributed by atoms with van der Waals surface area (Å²) in [6.45, 7) is -0.445. The zero-order valence-corrected chi connectivity index (χ0v) is 21.5. The molecule has 3 rings (SSSR count). The van der Waals surface area contributed by atoms with Crippen LogP contribution in [0.5, 0.6) is 0 Å². The molecule has 0 aliphatic carbocycles. The number of carboxylic acid groups (broad SMARTS) is 1. The van der Waals surface area contributed by atoms with Crippen molar-refractivity contribution in [1.82, 2.24) is 25.5 Å². The minimum absolute atomic E-state index is 0.0391. The monoisotopic (exact) mass is 552 g/mol. The Kier molecular flexibility index (Phi) is 9.51. The minimum Gasteiger partial charge on any atom is -0.481 e. The molecule has 0 radical (unpaired) electrons. The highest BCUT2D eigenvalue weighted by Gasteiger charge is 2.26. The first kappa shape index (κ1) is 27.2. The van der Waals surface area contributed by atoms with Crippen LogP contribution in [0.2, 0.25) is 10.0 Å². The molecule has 0 bridgehead atoms. The molecule has 0 aliphatic rings. The highest BCUT2D eigenvalue weighted by atomic mass is 35.5. The first-order valence-corrected chi connectivity index (χ1v) is 12.0. The number of amides is 1. The number of hydrogen-bond donors (Lipinski definition) is 2. The Bertz CT molecular complexity index is 1220. The molecule has 2 aromatic carbocycles. The molecule has 0 aliphatic heterocycles. The molecule has 190 valence electrons. The molecule has 0 saturated heterocycles. The minimum atomic E-state index is -1.36. The summed E-state index contributed by atoms with van der Waals surface area (Å²) in [5, 5.41) is 23.8. The predicted molar refractivity (Wildman–Crippen MR) is 134 cm³/mol. The zero-order chi connectivity index (χ0) is 26.2. The second-order valence-electron chi connectivity index (χ2n) is 7.68. The van der Waals surface area contributed by atoms with Crippen LogP contribution in [0.1, 0.15) is 12.0 Å². The van der Waals surface area contributed by atoms with Crippen LogP contribution in [0.4, 0.5) is 10.5 Å². The number of ketones is 1. The molecule has 2 N–H and O–H groups in total. The fourth-order valence-electron chi connectivity index (χ4n) is 2.95. The summed E-state index contributed by atoms with van der Waals surface area (Å²) in [6.07, 6.45) is -1.57. The maximum Gasteiger partial charge on any atom is 0.408 e. The van der Waals surface area contributed by atoms with Crippen molar-refractivity contribution < 1.29 is 24.2 Å². The Labute approximate surface area is 220 Å². The smallest absolute Gasteiger partial charge is 0.408 e. The van der Waals surface area contributed by atoms with E-state index in [9.17, 15) is 19.5 Å². The van der Waals surface area contributed by atoms with Gasteiger partial charge >= 0.3 is 12.1 Å². The Morgan fingerprint density at radius 2 is 1.83 bits per heavy atom. The van der Waals surface area contributed by atoms with Gasteiger partial charge in [-0.1, -0.05) is 53.5 Å². The van der Waals surface area contributed by atoms with Crippen LogP contribution >= 0.6 is 35.0 Å². The van der Waals surface area contributed by atoms with Crippen molar-refractivity contribution in [2.45, 2.75) is 35.7 Å². The third kappa shape index (κ3) is 7.57. The Hall–Kier alpha value is -3.35. The lowest BCUT2D eigenvalue weighted by Gasteiger charge is -2.17. The lowest BCUT2D eigenvalue weighted by molar-refractivity contribution is -0.139. The summed E-state index contributed by atoms with van der Waals surface area (Å²) in [5.74, 6) is -1.91. The number of anilines is 1. The van der Waals surface area contributed by atoms with Gasteiger partial charge in [0, 0.05) is 19.8 Å². The third-order valence-electron chi connectivity index (χ3n) is 4.77. The van der Waals surface area contributed by atoms with Crippen LogP contribution in [-0.2, 0) is 27.5 Å². The quantitative estimate of drug-likeness (QED) is 0.362. The van der Waals surface area contributed by atoms with E-state index in [1.807, 2.05) is 25.1 Å². The van der Waals surface area contributed by atoms with Gasteiger partial charge in [-0.2, -0.15) is 0 Å². The fourth-order valence-corrected chi connectivity index (χ4v) is 4.43. The molecule has 1 unspecified atom stereocenters. The van der Waals surface area contributed by atoms with Crippen molar-refractivity contribution in [2.75, 3.05) is 19.0 Å². The van der Waals surface area contributed by atoms with Crippen molar-refractivity contribution in [3.63, 3.8) is 0 Å². The van der Waals surface area contributed by atoms with E-state index in [1.165, 1.54) is 4.68 Å². The van der Waals surface area contributed by atoms with Crippen molar-refractivity contribution >= 4 is 58.5 Å². The molecule has 0 spiro atoms. The number of Topliss-reactive ketones (excluding diaryl/α,β-unsaturated/α-hetero) is 1. The SMILES string of the molecule is CN(C)c1cc(Cl)c(Sc2nnnn2CC(=O)C(CC(=O)O)NC(=O)OCc2ccccc2)c(Cl)c1. The van der Waals surface area contributed by atoms with Gasteiger partial charge < -0.3 is 20.1 Å². The van der Waals surface area contributed by atoms with E-state index in [4.69, 9.17) is 27.9 Å². The predicted octanol–water partition coefficient (Wildman–Crippen LogP) is 3.54. The molecule has 0 saturated carbocycles. The van der Waals surface area contributed by atoms with Crippen LogP contribution in [0.25, 0.3) is 0 Å². The van der Waals surface area contributed by atoms with Gasteiger partial charge in [0.25, 0.3) is 0 Å². The lowest BCUT2D eigenvalue weighted by Crippen LogP contribution is -2.44. The summed E-state index contributed by atoms with van der Waals surface area (Å²) in [7, 11) is 3.69. The highest BCUT2D eigenvalue weighted by Crippen LogP contribution is 2.40. The van der Waals surface area contributed by atoms with E-state index in [0.717, 1.165) is 23.0 Å². The van der Waals surface area contributed by atoms with Crippen LogP contribution in [0, 0.1) is 0 Å². The molecule has 0 fully saturated rings. The Morgan fingerprint density at radius 1 is 1.17 bits per heavy atom. The van der Waals surface area contributed by atoms with Crippen molar-refractivity contribution in [1.29, 1.82) is 0 Å². The molecule has 11 nitrogen and oxygen atoms in total. The lowest BCUT2D eigenvalue weighted by atomic mass is 10.1. The number of nitrogens with one attached hydrogen (secondary N) is 1. The number of rotatable bonds is 11. The molecule has 1 amide bonds. The summed E-state index contributed by atoms with van der Waals surface area (Å²) in [5.41, 5.74) is 1.53. The number of aliphatic carboxylic acids is 1. The normalized spacial score (nSPS) is 11.6. The highest BCUT2D eigenvalue weighted by molar-refractivity contribution is 7.99. The van der Waals surface area contributed by atoms with Gasteiger partial charge in [-0.05, 0) is 39.9 Å². The zero-order valence-electron chi connectivity index (χ0n) is 19.2. The number of ether oxygens (including phenoxy) is 1. The number of carboxylic acids is 1. The molecule has 14 heteroatoms. The van der Waals surface area contributed by atoms with Crippen LogP contribution in [-0.4, -0.2) is 63.3 Å². The van der Waals surface area contributed by atoms with E-state index in [-0.39, 0.29) is 11.8 Å². The Morgan fingerprint density at radius 3 is 2.44 bits per heavy atom. The summed E-state index contributed by atoms with van der Waals surface area (Å²) in [6, 6.07) is 11.0. The second kappa shape index (κ2) is 12.6. The summed E-state index contributed by atoms with van der Waals surface area (Å²) >= 11 is 13.8. The van der Waals surface area contributed by atoms with Gasteiger partial charge in [0.2, 0.25) is 5.16 Å². The molecule has 1 atom stereocenters. The standard InChI is InChI=1S/C22H22Cl2N6O5S/c1-29(2)14-8-15(23)20(16(24)9-14)36-21-26-27-28-30(21)11-18(31)17(10-19(32)33)25-22(34)35-12-13-6-4-3-5-7-13/h3-9,17H,10-12H2,1-2H3,(H,25,34)(H,32,33). The summed E-state index contributed by atoms with van der Waals surface area (Å²) < 4.78 is 6.27. The van der Waals surface area contributed by atoms with Gasteiger partial charge in [-0.25, -0.2) is 9.48 Å². The molecule has 36 heavy (non-hydrogen) atoms. The van der Waals surface area contributed by atoms with E-state index < -0.39 is 36.9 Å². The maximum absolute atomic E-state index is 12.9. The van der Waals surface area contributed by atoms with Crippen LogP contribution < -0.4 is 10.2 Å². The number of alkyl carbamates (subject to hydrolysis) is 1. The number of halogens is 2. The van der Waals surface area contributed by atoms with Gasteiger partial charge in [0.15, 0.2) is 5.78 Å². The molecule has 1 aromatic heterocycles. The van der Waals surface area contributed by atoms with Gasteiger partial charge in [0.1, 0.15) is 19.2 Å². The van der Waals surface area contributed by atoms with E-state index in [0.29, 0.717) is 14.9 Å². The number of aromatic nitrogens is 4. The number of carbonyl (C=O) groups excluding carboxylic acids is 2. The number of benzene rings is 2. The number of nitrogens with zero attached hydrogens (tertiary/aromatic N) is 5. The van der Waals surface area contributed by atoms with Gasteiger partial charge in [-0.15, -0.1) is 5.10 Å². The van der Waals surface area contributed by atoms with Gasteiger partial charge in [-0.3, -0.25) is 9.59 Å². The van der Waals surface area contributed by atoms with Crippen molar-refractivity contribution in [3.05, 3.63) is 58.1 Å². The first-order chi connectivity index (χ1) is 17.1. The van der Waals surface area contributed by atoms with E-state index in [1.54, 1.807) is 36.4 Å². The van der Waals surface area contributed by atoms with Crippen LogP contribution in [0.15, 0.2) is 52.5 Å². The average Bonchev–Trinajstić information content (AvgIpc) is 3.26. The van der Waals surface area contributed by atoms with E-state index in [2.05, 4.69) is 20.8 Å². The van der Waals surface area contributed by atoms with Gasteiger partial charge in [0.05, 0.1) is 21.4 Å². The fraction of sp³-hybridized carbons (Fsp3) is 0.273. The summed E-state index contributed by atoms with van der Waals surface area (Å²) in [4.78, 5) is 38.7. The molecule has 1 heterocycles. The van der Waals surface area contributed by atoms with Crippen molar-refractivity contribution in [2.24, 2.45) is 0 Å². The maximum atomic E-state index is 12.9. The molecular weight excluding hydrogens is 531 g/mol. The third-order valence-corrected chi connectivity index (χ3v) is 6.71.